The van der Waals surface area contributed by atoms with Crippen molar-refractivity contribution in [1.82, 2.24) is 5.32 Å². The lowest BCUT2D eigenvalue weighted by Gasteiger charge is -2.38. The highest BCUT2D eigenvalue weighted by Crippen LogP contribution is 2.34. The van der Waals surface area contributed by atoms with E-state index >= 15 is 0 Å². The third kappa shape index (κ3) is 2.33. The molecule has 0 aromatic heterocycles. The lowest BCUT2D eigenvalue weighted by Crippen LogP contribution is -2.45. The van der Waals surface area contributed by atoms with Gasteiger partial charge in [-0.2, -0.15) is 0 Å². The number of anilines is 1. The molecule has 2 fully saturated rings. The summed E-state index contributed by atoms with van der Waals surface area (Å²) in [6.45, 7) is 3.76. The number of hydrogen-bond donors (Lipinski definition) is 2. The summed E-state index contributed by atoms with van der Waals surface area (Å²) >= 11 is 3.61. The molecule has 1 aromatic rings. The minimum absolute atomic E-state index is 0.0160. The molecule has 0 bridgehead atoms. The molecular weight excluding hydrogens is 318 g/mol. The summed E-state index contributed by atoms with van der Waals surface area (Å²) in [6.07, 6.45) is 2.08. The van der Waals surface area contributed by atoms with E-state index in [9.17, 15) is 4.79 Å². The van der Waals surface area contributed by atoms with Crippen LogP contribution in [-0.2, 0) is 4.79 Å². The normalized spacial score (nSPS) is 27.1. The monoisotopic (exact) mass is 337 g/mol. The number of nitrogens with zero attached hydrogens (tertiary/aromatic N) is 1. The smallest absolute Gasteiger partial charge is 0.225 e. The van der Waals surface area contributed by atoms with E-state index in [1.54, 1.807) is 0 Å². The molecule has 1 amide bonds. The fraction of sp³-hybridized carbons (Fsp3) is 0.533. The third-order valence-corrected chi connectivity index (χ3v) is 5.09. The minimum Gasteiger partial charge on any atom is -0.366 e. The van der Waals surface area contributed by atoms with E-state index < -0.39 is 0 Å². The zero-order valence-corrected chi connectivity index (χ0v) is 13.2. The molecule has 2 heterocycles. The largest absolute Gasteiger partial charge is 0.366 e. The Bertz CT molecular complexity index is 532. The lowest BCUT2D eigenvalue weighted by molar-refractivity contribution is -0.122. The van der Waals surface area contributed by atoms with Gasteiger partial charge in [0.1, 0.15) is 0 Å². The molecule has 5 heteroatoms. The molecular formula is C15H20BrN3O. The molecule has 0 radical (unpaired) electrons. The molecule has 3 N–H and O–H groups in total. The van der Waals surface area contributed by atoms with Crippen molar-refractivity contribution in [3.8, 4) is 0 Å². The number of halogens is 1. The SMILES string of the molecule is C[C@@H](N)c1ccc(N2CCCC3C(=O)NCC32)cc1Br. The van der Waals surface area contributed by atoms with Crippen LogP contribution in [0.25, 0.3) is 0 Å². The van der Waals surface area contributed by atoms with Crippen LogP contribution in [0.1, 0.15) is 31.4 Å². The van der Waals surface area contributed by atoms with Crippen LogP contribution in [0.5, 0.6) is 0 Å². The quantitative estimate of drug-likeness (QED) is 0.869. The summed E-state index contributed by atoms with van der Waals surface area (Å²) in [6, 6.07) is 6.64. The minimum atomic E-state index is 0.0160. The van der Waals surface area contributed by atoms with Crippen LogP contribution >= 0.6 is 15.9 Å². The standard InChI is InChI=1S/C15H20BrN3O/c1-9(17)11-5-4-10(7-13(11)16)19-6-2-3-12-14(19)8-18-15(12)20/h4-5,7,9,12,14H,2-3,6,8,17H2,1H3,(H,18,20)/t9-,12?,14?/m1/s1. The van der Waals surface area contributed by atoms with Gasteiger partial charge < -0.3 is 16.0 Å². The van der Waals surface area contributed by atoms with Crippen LogP contribution in [0.15, 0.2) is 22.7 Å². The number of nitrogens with two attached hydrogens (primary N) is 1. The van der Waals surface area contributed by atoms with Gasteiger partial charge in [-0.25, -0.2) is 0 Å². The highest BCUT2D eigenvalue weighted by Gasteiger charge is 2.40. The molecule has 3 rings (SSSR count). The van der Waals surface area contributed by atoms with Crippen LogP contribution in [-0.4, -0.2) is 25.0 Å². The van der Waals surface area contributed by atoms with E-state index in [-0.39, 0.29) is 17.9 Å². The summed E-state index contributed by atoms with van der Waals surface area (Å²) in [7, 11) is 0. The molecule has 2 unspecified atom stereocenters. The molecule has 1 aromatic carbocycles. The third-order valence-electron chi connectivity index (χ3n) is 4.41. The van der Waals surface area contributed by atoms with E-state index in [4.69, 9.17) is 5.73 Å². The number of carbonyl (C=O) groups excluding carboxylic acids is 1. The molecule has 2 saturated heterocycles. The summed E-state index contributed by atoms with van der Waals surface area (Å²) in [5, 5.41) is 2.99. The van der Waals surface area contributed by atoms with Crippen molar-refractivity contribution in [3.63, 3.8) is 0 Å². The van der Waals surface area contributed by atoms with Crippen molar-refractivity contribution in [2.75, 3.05) is 18.0 Å². The Balaban J connectivity index is 1.89. The summed E-state index contributed by atoms with van der Waals surface area (Å²) in [4.78, 5) is 14.2. The van der Waals surface area contributed by atoms with E-state index in [0.717, 1.165) is 36.0 Å². The number of rotatable bonds is 2. The van der Waals surface area contributed by atoms with Crippen molar-refractivity contribution in [2.45, 2.75) is 31.8 Å². The van der Waals surface area contributed by atoms with E-state index in [1.807, 2.05) is 6.92 Å². The molecule has 108 valence electrons. The lowest BCUT2D eigenvalue weighted by atomic mass is 9.91. The molecule has 0 aliphatic carbocycles. The summed E-state index contributed by atoms with van der Waals surface area (Å²) in [5.74, 6) is 0.363. The number of amides is 1. The first-order valence-corrected chi connectivity index (χ1v) is 7.96. The maximum absolute atomic E-state index is 11.8. The second kappa shape index (κ2) is 5.37. The van der Waals surface area contributed by atoms with Crippen molar-refractivity contribution in [3.05, 3.63) is 28.2 Å². The topological polar surface area (TPSA) is 58.4 Å². The first kappa shape index (κ1) is 13.9. The van der Waals surface area contributed by atoms with E-state index in [0.29, 0.717) is 6.04 Å². The molecule has 20 heavy (non-hydrogen) atoms. The van der Waals surface area contributed by atoms with Gasteiger partial charge in [0.25, 0.3) is 0 Å². The average Bonchev–Trinajstić information content (AvgIpc) is 2.80. The van der Waals surface area contributed by atoms with E-state index in [1.165, 1.54) is 5.69 Å². The first-order valence-electron chi connectivity index (χ1n) is 7.17. The zero-order chi connectivity index (χ0) is 14.3. The van der Waals surface area contributed by atoms with Crippen molar-refractivity contribution >= 4 is 27.5 Å². The highest BCUT2D eigenvalue weighted by atomic mass is 79.9. The second-order valence-corrected chi connectivity index (χ2v) is 6.60. The predicted molar refractivity (Wildman–Crippen MR) is 83.6 cm³/mol. The van der Waals surface area contributed by atoms with Gasteiger partial charge in [0.05, 0.1) is 12.0 Å². The Hall–Kier alpha value is -1.07. The number of carbonyl (C=O) groups is 1. The van der Waals surface area contributed by atoms with Gasteiger partial charge in [-0.1, -0.05) is 22.0 Å². The van der Waals surface area contributed by atoms with Gasteiger partial charge >= 0.3 is 0 Å². The van der Waals surface area contributed by atoms with Gasteiger partial charge in [-0.05, 0) is 37.5 Å². The maximum atomic E-state index is 11.8. The molecule has 0 spiro atoms. The van der Waals surface area contributed by atoms with Crippen molar-refractivity contribution < 1.29 is 4.79 Å². The number of benzene rings is 1. The zero-order valence-electron chi connectivity index (χ0n) is 11.6. The van der Waals surface area contributed by atoms with Gasteiger partial charge in [-0.3, -0.25) is 4.79 Å². The van der Waals surface area contributed by atoms with E-state index in [2.05, 4.69) is 44.3 Å². The fourth-order valence-electron chi connectivity index (χ4n) is 3.34. The van der Waals surface area contributed by atoms with Gasteiger partial charge in [0.15, 0.2) is 0 Å². The first-order chi connectivity index (χ1) is 9.58. The summed E-state index contributed by atoms with van der Waals surface area (Å²) in [5.41, 5.74) is 8.24. The van der Waals surface area contributed by atoms with Crippen molar-refractivity contribution in [1.29, 1.82) is 0 Å². The second-order valence-electron chi connectivity index (χ2n) is 5.75. The van der Waals surface area contributed by atoms with Crippen LogP contribution < -0.4 is 16.0 Å². The number of nitrogens with one attached hydrogen (secondary N) is 1. The van der Waals surface area contributed by atoms with Gasteiger partial charge in [0, 0.05) is 29.3 Å². The maximum Gasteiger partial charge on any atom is 0.225 e. The van der Waals surface area contributed by atoms with Crippen LogP contribution in [0.4, 0.5) is 5.69 Å². The fourth-order valence-corrected chi connectivity index (χ4v) is 4.06. The predicted octanol–water partition coefficient (Wildman–Crippen LogP) is 2.18. The number of hydrogen-bond acceptors (Lipinski definition) is 3. The molecule has 2 aliphatic heterocycles. The van der Waals surface area contributed by atoms with Gasteiger partial charge in [-0.15, -0.1) is 0 Å². The van der Waals surface area contributed by atoms with Crippen LogP contribution in [0.2, 0.25) is 0 Å². The Morgan fingerprint density at radius 1 is 1.50 bits per heavy atom. The van der Waals surface area contributed by atoms with Crippen molar-refractivity contribution in [2.24, 2.45) is 11.7 Å². The van der Waals surface area contributed by atoms with Crippen LogP contribution in [0, 0.1) is 5.92 Å². The Labute approximate surface area is 127 Å². The van der Waals surface area contributed by atoms with Gasteiger partial charge in [0.2, 0.25) is 5.91 Å². The Morgan fingerprint density at radius 2 is 2.30 bits per heavy atom. The summed E-state index contributed by atoms with van der Waals surface area (Å²) < 4.78 is 1.05. The average molecular weight is 338 g/mol. The number of piperidine rings is 1. The van der Waals surface area contributed by atoms with Crippen LogP contribution in [0.3, 0.4) is 0 Å². The Morgan fingerprint density at radius 3 is 3.00 bits per heavy atom. The Kier molecular flexibility index (Phi) is 3.73. The highest BCUT2D eigenvalue weighted by molar-refractivity contribution is 9.10. The molecule has 4 nitrogen and oxygen atoms in total. The number of fused-ring (bicyclic) bond motifs is 1. The molecule has 2 aliphatic rings. The molecule has 0 saturated carbocycles. The molecule has 3 atom stereocenters.